The molecule has 5 heteroatoms. The van der Waals surface area contributed by atoms with Crippen molar-refractivity contribution in [1.82, 2.24) is 9.55 Å². The fourth-order valence-electron chi connectivity index (χ4n) is 1.79. The van der Waals surface area contributed by atoms with Crippen molar-refractivity contribution in [3.63, 3.8) is 0 Å². The molecule has 0 aliphatic rings. The maximum absolute atomic E-state index is 6.05. The van der Waals surface area contributed by atoms with Crippen LogP contribution in [0.1, 0.15) is 5.69 Å². The summed E-state index contributed by atoms with van der Waals surface area (Å²) in [6.07, 6.45) is 6.40. The molecule has 0 aliphatic carbocycles. The maximum Gasteiger partial charge on any atom is 0.242 e. The molecule has 0 spiro atoms. The van der Waals surface area contributed by atoms with Gasteiger partial charge in [-0.25, -0.2) is 4.98 Å². The normalized spacial score (nSPS) is 12.0. The second kappa shape index (κ2) is 6.05. The van der Waals surface area contributed by atoms with E-state index >= 15 is 0 Å². The van der Waals surface area contributed by atoms with Gasteiger partial charge < -0.3 is 8.99 Å². The molecule has 1 aromatic carbocycles. The van der Waals surface area contributed by atoms with Gasteiger partial charge >= 0.3 is 0 Å². The highest BCUT2D eigenvalue weighted by Crippen LogP contribution is 2.28. The first-order valence-electron chi connectivity index (χ1n) is 6.71. The van der Waals surface area contributed by atoms with Crippen molar-refractivity contribution < 1.29 is 4.43 Å². The van der Waals surface area contributed by atoms with E-state index in [0.717, 1.165) is 23.6 Å². The highest BCUT2D eigenvalue weighted by atomic mass is 28.4. The average Bonchev–Trinajstić information content (AvgIpc) is 2.75. The molecule has 1 heterocycles. The van der Waals surface area contributed by atoms with E-state index in [1.54, 1.807) is 6.33 Å². The van der Waals surface area contributed by atoms with E-state index < -0.39 is 8.32 Å². The molecule has 2 rings (SSSR count). The van der Waals surface area contributed by atoms with Crippen LogP contribution in [0.2, 0.25) is 19.6 Å². The minimum Gasteiger partial charge on any atom is -0.543 e. The third-order valence-corrected chi connectivity index (χ3v) is 3.40. The zero-order valence-electron chi connectivity index (χ0n) is 12.5. The molecule has 0 unspecified atom stereocenters. The fraction of sp³-hybridized carbons (Fsp3) is 0.333. The number of aliphatic imine (C=N–C) groups is 1. The quantitative estimate of drug-likeness (QED) is 0.623. The van der Waals surface area contributed by atoms with Gasteiger partial charge in [0.25, 0.3) is 0 Å². The number of rotatable bonds is 5. The van der Waals surface area contributed by atoms with E-state index in [2.05, 4.69) is 29.6 Å². The zero-order valence-corrected chi connectivity index (χ0v) is 13.5. The van der Waals surface area contributed by atoms with E-state index in [1.807, 2.05) is 48.3 Å². The van der Waals surface area contributed by atoms with Crippen molar-refractivity contribution in [2.75, 3.05) is 0 Å². The Kier molecular flexibility index (Phi) is 4.39. The predicted molar refractivity (Wildman–Crippen MR) is 85.5 cm³/mol. The van der Waals surface area contributed by atoms with Gasteiger partial charge in [-0.3, -0.25) is 4.99 Å². The molecule has 1 aromatic heterocycles. The Labute approximate surface area is 121 Å². The summed E-state index contributed by atoms with van der Waals surface area (Å²) < 4.78 is 7.98. The SMILES string of the molecule is Cn1cnc(CC=Nc2ccccc2O[Si](C)(C)C)c1. The molecule has 0 N–H and O–H groups in total. The lowest BCUT2D eigenvalue weighted by atomic mass is 10.3. The number of para-hydroxylation sites is 2. The summed E-state index contributed by atoms with van der Waals surface area (Å²) in [4.78, 5) is 8.79. The molecule has 0 amide bonds. The van der Waals surface area contributed by atoms with E-state index in [0.29, 0.717) is 0 Å². The summed E-state index contributed by atoms with van der Waals surface area (Å²) in [7, 11) is 0.344. The van der Waals surface area contributed by atoms with Crippen LogP contribution in [0.25, 0.3) is 0 Å². The summed E-state index contributed by atoms with van der Waals surface area (Å²) in [5.41, 5.74) is 1.89. The Balaban J connectivity index is 2.08. The number of aromatic nitrogens is 2. The molecule has 4 nitrogen and oxygen atoms in total. The number of benzene rings is 1. The number of imidazole rings is 1. The number of hydrogen-bond acceptors (Lipinski definition) is 3. The molecule has 0 atom stereocenters. The Bertz CT molecular complexity index is 599. The topological polar surface area (TPSA) is 39.4 Å². The lowest BCUT2D eigenvalue weighted by Crippen LogP contribution is -2.29. The fourth-order valence-corrected chi connectivity index (χ4v) is 2.62. The molecular formula is C15H21N3OSi. The van der Waals surface area contributed by atoms with Crippen molar-refractivity contribution in [2.24, 2.45) is 12.0 Å². The lowest BCUT2D eigenvalue weighted by molar-refractivity contribution is 0.559. The van der Waals surface area contributed by atoms with Crippen molar-refractivity contribution >= 4 is 20.2 Å². The molecule has 106 valence electrons. The standard InChI is InChI=1S/C15H21N3OSi/c1-18-11-13(17-12-18)9-10-16-14-7-5-6-8-15(14)19-20(2,3)4/h5-8,10-12H,9H2,1-4H3. The van der Waals surface area contributed by atoms with Gasteiger partial charge in [-0.05, 0) is 31.8 Å². The van der Waals surface area contributed by atoms with Gasteiger partial charge in [0.05, 0.1) is 12.0 Å². The molecule has 0 fully saturated rings. The van der Waals surface area contributed by atoms with E-state index in [4.69, 9.17) is 4.43 Å². The highest BCUT2D eigenvalue weighted by molar-refractivity contribution is 6.70. The van der Waals surface area contributed by atoms with Crippen LogP contribution in [0.15, 0.2) is 41.8 Å². The molecule has 2 aromatic rings. The summed E-state index contributed by atoms with van der Waals surface area (Å²) in [5.74, 6) is 0.865. The van der Waals surface area contributed by atoms with Crippen molar-refractivity contribution in [1.29, 1.82) is 0 Å². The van der Waals surface area contributed by atoms with Gasteiger partial charge in [0.2, 0.25) is 8.32 Å². The monoisotopic (exact) mass is 287 g/mol. The van der Waals surface area contributed by atoms with E-state index in [-0.39, 0.29) is 0 Å². The van der Waals surface area contributed by atoms with Crippen LogP contribution in [0.5, 0.6) is 5.75 Å². The van der Waals surface area contributed by atoms with Crippen LogP contribution in [-0.4, -0.2) is 24.1 Å². The molecule has 0 aliphatic heterocycles. The van der Waals surface area contributed by atoms with Crippen molar-refractivity contribution in [3.8, 4) is 5.75 Å². The second-order valence-corrected chi connectivity index (χ2v) is 10.2. The lowest BCUT2D eigenvalue weighted by Gasteiger charge is -2.20. The zero-order chi connectivity index (χ0) is 14.6. The van der Waals surface area contributed by atoms with Crippen LogP contribution in [0.4, 0.5) is 5.69 Å². The van der Waals surface area contributed by atoms with Crippen LogP contribution >= 0.6 is 0 Å². The Morgan fingerprint density at radius 2 is 2.05 bits per heavy atom. The van der Waals surface area contributed by atoms with Crippen molar-refractivity contribution in [2.45, 2.75) is 26.1 Å². The van der Waals surface area contributed by atoms with Crippen LogP contribution in [-0.2, 0) is 13.5 Å². The summed E-state index contributed by atoms with van der Waals surface area (Å²) in [6, 6.07) is 7.91. The van der Waals surface area contributed by atoms with Gasteiger partial charge in [0, 0.05) is 25.9 Å². The molecule has 0 saturated carbocycles. The van der Waals surface area contributed by atoms with Gasteiger partial charge in [0.1, 0.15) is 11.4 Å². The smallest absolute Gasteiger partial charge is 0.242 e. The largest absolute Gasteiger partial charge is 0.543 e. The molecule has 20 heavy (non-hydrogen) atoms. The third-order valence-electron chi connectivity index (χ3n) is 2.57. The minimum absolute atomic E-state index is 0.724. The van der Waals surface area contributed by atoms with Gasteiger partial charge in [-0.1, -0.05) is 12.1 Å². The van der Waals surface area contributed by atoms with Crippen molar-refractivity contribution in [3.05, 3.63) is 42.5 Å². The molecule has 0 radical (unpaired) electrons. The Morgan fingerprint density at radius 3 is 2.70 bits per heavy atom. The first-order valence-corrected chi connectivity index (χ1v) is 10.1. The average molecular weight is 287 g/mol. The Morgan fingerprint density at radius 1 is 1.30 bits per heavy atom. The third kappa shape index (κ3) is 4.34. The first kappa shape index (κ1) is 14.5. The van der Waals surface area contributed by atoms with Crippen LogP contribution < -0.4 is 4.43 Å². The maximum atomic E-state index is 6.05. The first-order chi connectivity index (χ1) is 9.44. The minimum atomic E-state index is -1.62. The van der Waals surface area contributed by atoms with Crippen LogP contribution in [0, 0.1) is 0 Å². The van der Waals surface area contributed by atoms with E-state index in [9.17, 15) is 0 Å². The molecule has 0 saturated heterocycles. The second-order valence-electron chi connectivity index (χ2n) is 5.73. The van der Waals surface area contributed by atoms with Crippen LogP contribution in [0.3, 0.4) is 0 Å². The Hall–Kier alpha value is -1.88. The molecular weight excluding hydrogens is 266 g/mol. The number of aryl methyl sites for hydroxylation is 1. The van der Waals surface area contributed by atoms with Gasteiger partial charge in [-0.2, -0.15) is 0 Å². The predicted octanol–water partition coefficient (Wildman–Crippen LogP) is 3.58. The molecule has 0 bridgehead atoms. The van der Waals surface area contributed by atoms with E-state index in [1.165, 1.54) is 0 Å². The summed E-state index contributed by atoms with van der Waals surface area (Å²) in [6.45, 7) is 6.50. The number of nitrogens with zero attached hydrogens (tertiary/aromatic N) is 3. The van der Waals surface area contributed by atoms with Gasteiger partial charge in [0.15, 0.2) is 0 Å². The highest BCUT2D eigenvalue weighted by Gasteiger charge is 2.17. The number of hydrogen-bond donors (Lipinski definition) is 0. The summed E-state index contributed by atoms with van der Waals surface area (Å²) in [5, 5.41) is 0. The van der Waals surface area contributed by atoms with Gasteiger partial charge in [-0.15, -0.1) is 0 Å². The summed E-state index contributed by atoms with van der Waals surface area (Å²) >= 11 is 0.